The third-order valence-electron chi connectivity index (χ3n) is 4.66. The summed E-state index contributed by atoms with van der Waals surface area (Å²) in [5.41, 5.74) is 2.86. The van der Waals surface area contributed by atoms with E-state index >= 15 is 0 Å². The van der Waals surface area contributed by atoms with Crippen LogP contribution in [-0.2, 0) is 5.75 Å². The van der Waals surface area contributed by atoms with Gasteiger partial charge in [0.2, 0.25) is 5.89 Å². The van der Waals surface area contributed by atoms with Crippen LogP contribution in [-0.4, -0.2) is 37.9 Å². The molecule has 0 bridgehead atoms. The molecule has 3 heterocycles. The summed E-state index contributed by atoms with van der Waals surface area (Å²) in [4.78, 5) is 18.8. The summed E-state index contributed by atoms with van der Waals surface area (Å²) in [6.07, 6.45) is 1.45. The van der Waals surface area contributed by atoms with E-state index in [1.165, 1.54) is 28.5 Å². The highest BCUT2D eigenvalue weighted by Crippen LogP contribution is 2.26. The Balaban J connectivity index is 1.48. The average Bonchev–Trinajstić information content (AvgIpc) is 3.41. The Labute approximate surface area is 176 Å². The zero-order chi connectivity index (χ0) is 21.1. The summed E-state index contributed by atoms with van der Waals surface area (Å²) in [7, 11) is 0. The highest BCUT2D eigenvalue weighted by molar-refractivity contribution is 7.98. The van der Waals surface area contributed by atoms with E-state index in [2.05, 4.69) is 39.0 Å². The summed E-state index contributed by atoms with van der Waals surface area (Å²) >= 11 is 1.29. The number of rotatable bonds is 7. The summed E-state index contributed by atoms with van der Waals surface area (Å²) < 4.78 is 6.99. The van der Waals surface area contributed by atoms with Crippen molar-refractivity contribution in [3.63, 3.8) is 0 Å². The van der Waals surface area contributed by atoms with Gasteiger partial charge in [0.25, 0.3) is 10.8 Å². The van der Waals surface area contributed by atoms with E-state index < -0.39 is 0 Å². The van der Waals surface area contributed by atoms with Gasteiger partial charge in [-0.3, -0.25) is 9.89 Å². The molecule has 1 N–H and O–H groups in total. The molecule has 3 aromatic heterocycles. The quantitative estimate of drug-likeness (QED) is 0.453. The summed E-state index contributed by atoms with van der Waals surface area (Å²) in [6.45, 7) is 6.13. The van der Waals surface area contributed by atoms with Crippen molar-refractivity contribution in [2.24, 2.45) is 0 Å². The second-order valence-electron chi connectivity index (χ2n) is 6.42. The molecule has 0 spiro atoms. The molecular formula is C20H19N7O2S. The molecule has 0 amide bonds. The Hall–Kier alpha value is -3.58. The summed E-state index contributed by atoms with van der Waals surface area (Å²) in [5.74, 6) is 0.800. The second-order valence-corrected chi connectivity index (χ2v) is 7.35. The average molecular weight is 421 g/mol. The van der Waals surface area contributed by atoms with Crippen LogP contribution in [0, 0.1) is 11.3 Å². The molecule has 0 aliphatic rings. The number of aromatic nitrogens is 5. The molecule has 10 heteroatoms. The lowest BCUT2D eigenvalue weighted by Gasteiger charge is -2.20. The van der Waals surface area contributed by atoms with E-state index in [-0.39, 0.29) is 5.56 Å². The van der Waals surface area contributed by atoms with E-state index in [0.29, 0.717) is 33.8 Å². The Morgan fingerprint density at radius 3 is 2.70 bits per heavy atom. The highest BCUT2D eigenvalue weighted by Gasteiger charge is 2.13. The molecule has 0 fully saturated rings. The zero-order valence-electron chi connectivity index (χ0n) is 16.5. The standard InChI is InChI=1S/C20H19N7O2S/c1-3-26(4-2)16-7-5-13(6-8-16)19-24-25-20(29-19)30-12-15-9-17(28)27-18(23-15)14(10-21)11-22-27/h5-9,11,22H,3-4,12H2,1-2H3. The summed E-state index contributed by atoms with van der Waals surface area (Å²) in [5, 5.41) is 20.4. The van der Waals surface area contributed by atoms with Gasteiger partial charge in [-0.25, -0.2) is 9.50 Å². The first-order valence-corrected chi connectivity index (χ1v) is 10.4. The van der Waals surface area contributed by atoms with Crippen molar-refractivity contribution in [2.45, 2.75) is 24.8 Å². The van der Waals surface area contributed by atoms with Crippen molar-refractivity contribution in [1.29, 1.82) is 5.26 Å². The number of nitriles is 1. The predicted molar refractivity (Wildman–Crippen MR) is 113 cm³/mol. The molecule has 0 atom stereocenters. The third kappa shape index (κ3) is 3.79. The van der Waals surface area contributed by atoms with Crippen LogP contribution in [0.1, 0.15) is 25.1 Å². The SMILES string of the molecule is CCN(CC)c1ccc(-c2nnc(SCc3cc(=O)n4[nH]cc(C#N)c4n3)o2)cc1. The van der Waals surface area contributed by atoms with Crippen LogP contribution in [0.15, 0.2) is 51.0 Å². The first-order valence-electron chi connectivity index (χ1n) is 9.44. The molecule has 152 valence electrons. The molecule has 0 radical (unpaired) electrons. The van der Waals surface area contributed by atoms with E-state index in [4.69, 9.17) is 9.68 Å². The highest BCUT2D eigenvalue weighted by atomic mass is 32.2. The Morgan fingerprint density at radius 1 is 1.23 bits per heavy atom. The maximum atomic E-state index is 12.2. The molecule has 0 saturated carbocycles. The van der Waals surface area contributed by atoms with Gasteiger partial charge in [-0.05, 0) is 38.1 Å². The fourth-order valence-corrected chi connectivity index (χ4v) is 3.76. The van der Waals surface area contributed by atoms with Gasteiger partial charge in [0.1, 0.15) is 11.6 Å². The smallest absolute Gasteiger partial charge is 0.277 e. The van der Waals surface area contributed by atoms with Crippen molar-refractivity contribution in [3.05, 3.63) is 58.1 Å². The van der Waals surface area contributed by atoms with E-state index in [1.54, 1.807) is 0 Å². The number of nitrogens with one attached hydrogen (secondary N) is 1. The fraction of sp³-hybridized carbons (Fsp3) is 0.250. The Morgan fingerprint density at radius 2 is 2.00 bits per heavy atom. The van der Waals surface area contributed by atoms with Crippen molar-refractivity contribution in [2.75, 3.05) is 18.0 Å². The van der Waals surface area contributed by atoms with Gasteiger partial charge in [-0.1, -0.05) is 11.8 Å². The summed E-state index contributed by atoms with van der Waals surface area (Å²) in [6, 6.07) is 11.4. The number of nitrogens with zero attached hydrogens (tertiary/aromatic N) is 6. The molecule has 0 aliphatic heterocycles. The number of hydrogen-bond donors (Lipinski definition) is 1. The van der Waals surface area contributed by atoms with Crippen LogP contribution in [0.3, 0.4) is 0 Å². The van der Waals surface area contributed by atoms with Gasteiger partial charge in [0.05, 0.1) is 5.69 Å². The second kappa shape index (κ2) is 8.42. The number of thioether (sulfide) groups is 1. The molecule has 4 aromatic rings. The van der Waals surface area contributed by atoms with Gasteiger partial charge < -0.3 is 9.32 Å². The normalized spacial score (nSPS) is 11.0. The molecule has 1 aromatic carbocycles. The third-order valence-corrected chi connectivity index (χ3v) is 5.52. The fourth-order valence-electron chi connectivity index (χ4n) is 3.11. The predicted octanol–water partition coefficient (Wildman–Crippen LogP) is 3.08. The van der Waals surface area contributed by atoms with E-state index in [0.717, 1.165) is 24.3 Å². The molecule has 4 rings (SSSR count). The van der Waals surface area contributed by atoms with Crippen LogP contribution in [0.25, 0.3) is 17.1 Å². The van der Waals surface area contributed by atoms with Crippen LogP contribution in [0.5, 0.6) is 0 Å². The number of fused-ring (bicyclic) bond motifs is 1. The van der Waals surface area contributed by atoms with Crippen molar-refractivity contribution in [1.82, 2.24) is 24.8 Å². The number of H-pyrrole nitrogens is 1. The zero-order valence-corrected chi connectivity index (χ0v) is 17.3. The lowest BCUT2D eigenvalue weighted by atomic mass is 10.2. The molecule has 0 unspecified atom stereocenters. The van der Waals surface area contributed by atoms with Gasteiger partial charge in [-0.15, -0.1) is 10.2 Å². The minimum absolute atomic E-state index is 0.281. The van der Waals surface area contributed by atoms with Crippen LogP contribution in [0.4, 0.5) is 5.69 Å². The topological polar surface area (TPSA) is 116 Å². The number of hydrogen-bond acceptors (Lipinski definition) is 8. The molecular weight excluding hydrogens is 402 g/mol. The minimum Gasteiger partial charge on any atom is -0.411 e. The molecule has 30 heavy (non-hydrogen) atoms. The molecule has 0 aliphatic carbocycles. The maximum absolute atomic E-state index is 12.2. The lowest BCUT2D eigenvalue weighted by molar-refractivity contribution is 0.466. The van der Waals surface area contributed by atoms with Gasteiger partial charge in [-0.2, -0.15) is 5.26 Å². The maximum Gasteiger partial charge on any atom is 0.277 e. The van der Waals surface area contributed by atoms with E-state index in [1.807, 2.05) is 30.3 Å². The van der Waals surface area contributed by atoms with Crippen LogP contribution in [0.2, 0.25) is 0 Å². The lowest BCUT2D eigenvalue weighted by Crippen LogP contribution is -2.21. The van der Waals surface area contributed by atoms with E-state index in [9.17, 15) is 4.79 Å². The number of aromatic amines is 1. The Bertz CT molecular complexity index is 1260. The first-order chi connectivity index (χ1) is 14.6. The number of anilines is 1. The monoisotopic (exact) mass is 421 g/mol. The van der Waals surface area contributed by atoms with Crippen LogP contribution >= 0.6 is 11.8 Å². The van der Waals surface area contributed by atoms with Crippen molar-refractivity contribution >= 4 is 23.1 Å². The first kappa shape index (κ1) is 19.7. The Kier molecular flexibility index (Phi) is 5.54. The largest absolute Gasteiger partial charge is 0.411 e. The van der Waals surface area contributed by atoms with Gasteiger partial charge in [0, 0.05) is 42.4 Å². The molecule has 9 nitrogen and oxygen atoms in total. The van der Waals surface area contributed by atoms with Gasteiger partial charge in [0.15, 0.2) is 5.65 Å². The van der Waals surface area contributed by atoms with Crippen LogP contribution < -0.4 is 10.5 Å². The minimum atomic E-state index is -0.281. The van der Waals surface area contributed by atoms with Crippen molar-refractivity contribution in [3.8, 4) is 17.5 Å². The van der Waals surface area contributed by atoms with Gasteiger partial charge >= 0.3 is 0 Å². The van der Waals surface area contributed by atoms with Crippen molar-refractivity contribution < 1.29 is 4.42 Å². The number of benzene rings is 1. The molecule has 0 saturated heterocycles.